The number of piperidine rings is 1. The van der Waals surface area contributed by atoms with E-state index >= 15 is 0 Å². The Labute approximate surface area is 234 Å². The fourth-order valence-corrected chi connectivity index (χ4v) is 5.97. The lowest BCUT2D eigenvalue weighted by atomic mass is 9.93. The van der Waals surface area contributed by atoms with Crippen LogP contribution in [0, 0.1) is 11.8 Å². The number of benzene rings is 2. The van der Waals surface area contributed by atoms with E-state index in [1.807, 2.05) is 17.0 Å². The third kappa shape index (κ3) is 6.22. The molecule has 2 heterocycles. The third-order valence-electron chi connectivity index (χ3n) is 8.17. The van der Waals surface area contributed by atoms with Crippen molar-refractivity contribution in [3.8, 4) is 11.5 Å². The van der Waals surface area contributed by atoms with Crippen molar-refractivity contribution in [3.63, 3.8) is 0 Å². The molecule has 2 amide bonds. The topological polar surface area (TPSA) is 62.3 Å². The number of carbonyl (C=O) groups is 2. The smallest absolute Gasteiger partial charge is 0.415 e. The molecule has 5 rings (SSSR count). The second-order valence-electron chi connectivity index (χ2n) is 10.8. The molecular formula is C29H35Cl2N3O4. The minimum absolute atomic E-state index is 0.0233. The number of nitrogens with zero attached hydrogens (tertiary/aromatic N) is 3. The number of methoxy groups -OCH3 is 1. The van der Waals surface area contributed by atoms with Gasteiger partial charge in [0.15, 0.2) is 0 Å². The molecule has 0 aromatic heterocycles. The van der Waals surface area contributed by atoms with Crippen LogP contribution in [0.4, 0.5) is 4.79 Å². The summed E-state index contributed by atoms with van der Waals surface area (Å²) >= 11 is 12.5. The van der Waals surface area contributed by atoms with E-state index in [1.165, 1.54) is 19.4 Å². The van der Waals surface area contributed by atoms with Crippen LogP contribution in [0.15, 0.2) is 42.5 Å². The van der Waals surface area contributed by atoms with E-state index in [2.05, 4.69) is 4.90 Å². The Bertz CT molecular complexity index is 1150. The fraction of sp³-hybridized carbons (Fsp3) is 0.517. The van der Waals surface area contributed by atoms with Crippen LogP contribution in [0.1, 0.15) is 37.2 Å². The Balaban J connectivity index is 1.29. The van der Waals surface area contributed by atoms with Crippen molar-refractivity contribution in [2.24, 2.45) is 11.8 Å². The number of likely N-dealkylation sites (N-methyl/N-ethyl adjacent to an activating group) is 1. The van der Waals surface area contributed by atoms with Gasteiger partial charge in [-0.25, -0.2) is 4.79 Å². The fourth-order valence-electron chi connectivity index (χ4n) is 5.67. The minimum Gasteiger partial charge on any atom is -0.497 e. The van der Waals surface area contributed by atoms with Crippen molar-refractivity contribution in [2.75, 3.05) is 46.9 Å². The summed E-state index contributed by atoms with van der Waals surface area (Å²) in [6, 6.07) is 12.2. The molecule has 7 nitrogen and oxygen atoms in total. The van der Waals surface area contributed by atoms with Gasteiger partial charge in [0, 0.05) is 38.5 Å². The van der Waals surface area contributed by atoms with Crippen LogP contribution in [0.2, 0.25) is 10.0 Å². The highest BCUT2D eigenvalue weighted by atomic mass is 35.5. The van der Waals surface area contributed by atoms with Crippen LogP contribution in [0.25, 0.3) is 0 Å². The summed E-state index contributed by atoms with van der Waals surface area (Å²) in [5.74, 6) is 2.06. The summed E-state index contributed by atoms with van der Waals surface area (Å²) in [7, 11) is 3.31. The van der Waals surface area contributed by atoms with Gasteiger partial charge in [0.05, 0.1) is 23.2 Å². The summed E-state index contributed by atoms with van der Waals surface area (Å²) in [6.07, 6.45) is 3.99. The van der Waals surface area contributed by atoms with E-state index < -0.39 is 6.09 Å². The molecular weight excluding hydrogens is 525 g/mol. The van der Waals surface area contributed by atoms with E-state index in [-0.39, 0.29) is 23.8 Å². The lowest BCUT2D eigenvalue weighted by Gasteiger charge is -2.33. The van der Waals surface area contributed by atoms with E-state index in [1.54, 1.807) is 49.4 Å². The summed E-state index contributed by atoms with van der Waals surface area (Å²) in [5, 5.41) is 0.933. The number of ether oxygens (including phenoxy) is 2. The second kappa shape index (κ2) is 11.7. The Hall–Kier alpha value is -2.48. The van der Waals surface area contributed by atoms with E-state index in [0.29, 0.717) is 34.6 Å². The van der Waals surface area contributed by atoms with Crippen molar-refractivity contribution in [2.45, 2.75) is 37.6 Å². The molecule has 2 aromatic carbocycles. The predicted molar refractivity (Wildman–Crippen MR) is 148 cm³/mol. The van der Waals surface area contributed by atoms with Crippen LogP contribution in [0.3, 0.4) is 0 Å². The van der Waals surface area contributed by atoms with Gasteiger partial charge in [0.25, 0.3) is 0 Å². The molecule has 2 aromatic rings. The molecule has 9 heteroatoms. The highest BCUT2D eigenvalue weighted by molar-refractivity contribution is 6.42. The summed E-state index contributed by atoms with van der Waals surface area (Å²) in [5.41, 5.74) is 0.947. The van der Waals surface area contributed by atoms with E-state index in [9.17, 15) is 9.59 Å². The molecule has 204 valence electrons. The van der Waals surface area contributed by atoms with Gasteiger partial charge < -0.3 is 24.2 Å². The largest absolute Gasteiger partial charge is 0.497 e. The van der Waals surface area contributed by atoms with Gasteiger partial charge in [-0.1, -0.05) is 29.3 Å². The van der Waals surface area contributed by atoms with Crippen molar-refractivity contribution in [1.29, 1.82) is 0 Å². The monoisotopic (exact) mass is 559 g/mol. The summed E-state index contributed by atoms with van der Waals surface area (Å²) < 4.78 is 10.8. The Morgan fingerprint density at radius 1 is 0.947 bits per heavy atom. The van der Waals surface area contributed by atoms with Gasteiger partial charge >= 0.3 is 6.09 Å². The Morgan fingerprint density at radius 2 is 1.63 bits per heavy atom. The van der Waals surface area contributed by atoms with Crippen LogP contribution >= 0.6 is 23.2 Å². The molecule has 38 heavy (non-hydrogen) atoms. The normalized spacial score (nSPS) is 22.4. The van der Waals surface area contributed by atoms with Gasteiger partial charge in [-0.3, -0.25) is 4.79 Å². The molecule has 0 bridgehead atoms. The Morgan fingerprint density at radius 3 is 2.26 bits per heavy atom. The maximum atomic E-state index is 13.6. The zero-order valence-corrected chi connectivity index (χ0v) is 23.5. The number of hydrogen-bond donors (Lipinski definition) is 0. The molecule has 0 unspecified atom stereocenters. The first kappa shape index (κ1) is 27.1. The molecule has 1 aliphatic carbocycles. The molecule has 1 saturated carbocycles. The molecule has 2 atom stereocenters. The second-order valence-corrected chi connectivity index (χ2v) is 11.6. The summed E-state index contributed by atoms with van der Waals surface area (Å²) in [6.45, 7) is 4.10. The van der Waals surface area contributed by atoms with Crippen LogP contribution in [0.5, 0.6) is 11.5 Å². The van der Waals surface area contributed by atoms with Gasteiger partial charge in [0.1, 0.15) is 11.5 Å². The maximum absolute atomic E-state index is 13.6. The maximum Gasteiger partial charge on any atom is 0.415 e. The quantitative estimate of drug-likeness (QED) is 0.445. The van der Waals surface area contributed by atoms with Crippen molar-refractivity contribution < 1.29 is 19.1 Å². The molecule has 0 spiro atoms. The number of hydrogen-bond acceptors (Lipinski definition) is 5. The van der Waals surface area contributed by atoms with Crippen molar-refractivity contribution in [1.82, 2.24) is 14.7 Å². The van der Waals surface area contributed by atoms with Gasteiger partial charge in [0.2, 0.25) is 5.91 Å². The van der Waals surface area contributed by atoms with Gasteiger partial charge in [-0.2, -0.15) is 0 Å². The molecule has 0 radical (unpaired) electrons. The number of halogens is 2. The Kier molecular flexibility index (Phi) is 8.36. The zero-order valence-electron chi connectivity index (χ0n) is 21.9. The van der Waals surface area contributed by atoms with Crippen molar-refractivity contribution >= 4 is 35.2 Å². The SMILES string of the molecule is COc1ccc(OC(=O)N(C)[C@H]2CN(C(=O)C3CCN(CC4CC4)CC3)C[C@@H]2c2ccc(Cl)c(Cl)c2)cc1. The number of likely N-dealkylation sites (tertiary alicyclic amines) is 2. The number of carbonyl (C=O) groups excluding carboxylic acids is 2. The first-order chi connectivity index (χ1) is 18.3. The van der Waals surface area contributed by atoms with Gasteiger partial charge in [-0.15, -0.1) is 0 Å². The highest BCUT2D eigenvalue weighted by Gasteiger charge is 2.42. The molecule has 2 aliphatic heterocycles. The number of amides is 2. The van der Waals surface area contributed by atoms with Crippen molar-refractivity contribution in [3.05, 3.63) is 58.1 Å². The van der Waals surface area contributed by atoms with E-state index in [4.69, 9.17) is 32.7 Å². The molecule has 0 N–H and O–H groups in total. The minimum atomic E-state index is -0.479. The first-order valence-corrected chi connectivity index (χ1v) is 14.1. The first-order valence-electron chi connectivity index (χ1n) is 13.4. The van der Waals surface area contributed by atoms with Gasteiger partial charge in [-0.05, 0) is 86.7 Å². The molecule has 3 fully saturated rings. The van der Waals surface area contributed by atoms with Crippen LogP contribution in [-0.4, -0.2) is 79.6 Å². The molecule has 3 aliphatic rings. The summed E-state index contributed by atoms with van der Waals surface area (Å²) in [4.78, 5) is 32.9. The lowest BCUT2D eigenvalue weighted by Crippen LogP contribution is -2.45. The zero-order chi connectivity index (χ0) is 26.8. The lowest BCUT2D eigenvalue weighted by molar-refractivity contribution is -0.136. The molecule has 2 saturated heterocycles. The third-order valence-corrected chi connectivity index (χ3v) is 8.91. The van der Waals surface area contributed by atoms with E-state index in [0.717, 1.165) is 37.4 Å². The average Bonchev–Trinajstić information content (AvgIpc) is 3.64. The van der Waals surface area contributed by atoms with Crippen LogP contribution < -0.4 is 9.47 Å². The van der Waals surface area contributed by atoms with Crippen LogP contribution in [-0.2, 0) is 4.79 Å². The highest BCUT2D eigenvalue weighted by Crippen LogP contribution is 2.36. The predicted octanol–water partition coefficient (Wildman–Crippen LogP) is 5.55. The average molecular weight is 561 g/mol. The standard InChI is InChI=1S/C29H35Cl2N3O4/c1-32(29(36)38-23-8-6-22(37-2)7-9-23)27-18-34(17-24(27)21-5-10-25(30)26(31)15-21)28(35)20-11-13-33(14-12-20)16-19-3-4-19/h5-10,15,19-20,24,27H,3-4,11-14,16-18H2,1-2H3/t24-,27+/m1/s1. The number of rotatable bonds is 7.